The van der Waals surface area contributed by atoms with Crippen molar-refractivity contribution in [1.29, 1.82) is 0 Å². The highest BCUT2D eigenvalue weighted by Gasteiger charge is 2.26. The predicted octanol–water partition coefficient (Wildman–Crippen LogP) is 3.30. The highest BCUT2D eigenvalue weighted by Crippen LogP contribution is 2.36. The molecule has 3 rings (SSSR count). The minimum absolute atomic E-state index is 0.0297. The van der Waals surface area contributed by atoms with E-state index in [1.165, 1.54) is 25.1 Å². The molecule has 3 amide bonds. The fourth-order valence-corrected chi connectivity index (χ4v) is 3.00. The molecule has 0 saturated carbocycles. The molecule has 0 bridgehead atoms. The number of carbonyl (C=O) groups excluding carboxylic acids is 2. The molecule has 2 aromatic rings. The van der Waals surface area contributed by atoms with Crippen LogP contribution in [0.2, 0.25) is 0 Å². The van der Waals surface area contributed by atoms with Crippen molar-refractivity contribution in [2.75, 3.05) is 10.6 Å². The van der Waals surface area contributed by atoms with Gasteiger partial charge >= 0.3 is 6.03 Å². The van der Waals surface area contributed by atoms with E-state index in [-0.39, 0.29) is 23.4 Å². The van der Waals surface area contributed by atoms with Gasteiger partial charge in [0.05, 0.1) is 11.7 Å². The third-order valence-electron chi connectivity index (χ3n) is 4.09. The first kappa shape index (κ1) is 16.8. The summed E-state index contributed by atoms with van der Waals surface area (Å²) in [6.07, 6.45) is 1.33. The van der Waals surface area contributed by atoms with Crippen molar-refractivity contribution in [2.45, 2.75) is 25.8 Å². The summed E-state index contributed by atoms with van der Waals surface area (Å²) in [5.74, 6) is -0.672. The number of halogens is 1. The first-order valence-electron chi connectivity index (χ1n) is 7.89. The molecule has 0 unspecified atom stereocenters. The Morgan fingerprint density at radius 3 is 2.76 bits per heavy atom. The molecule has 2 aromatic carbocycles. The predicted molar refractivity (Wildman–Crippen MR) is 92.0 cm³/mol. The Morgan fingerprint density at radius 1 is 1.20 bits per heavy atom. The van der Waals surface area contributed by atoms with Gasteiger partial charge in [-0.05, 0) is 48.2 Å². The summed E-state index contributed by atoms with van der Waals surface area (Å²) in [7, 11) is 0. The number of nitrogens with one attached hydrogen (secondary N) is 3. The molecule has 7 heteroatoms. The normalized spacial score (nSPS) is 15.4. The number of phenolic OH excluding ortho intramolecular Hbond substituents is 1. The standard InChI is InChI=1S/C18H18FN3O3/c1-10(23)20-11-5-7-14(19)16(9-11)22-18(25)21-15-8-6-13-12(15)3-2-4-17(13)24/h2-5,7,9,15,24H,6,8H2,1H3,(H,20,23)(H2,21,22,25)/t15-/m1/s1. The number of anilines is 2. The number of amides is 3. The number of fused-ring (bicyclic) bond motifs is 1. The third kappa shape index (κ3) is 3.71. The molecule has 0 aliphatic heterocycles. The van der Waals surface area contributed by atoms with Crippen LogP contribution in [0.4, 0.5) is 20.6 Å². The van der Waals surface area contributed by atoms with E-state index in [9.17, 15) is 19.1 Å². The van der Waals surface area contributed by atoms with Gasteiger partial charge in [0, 0.05) is 12.6 Å². The number of benzene rings is 2. The highest BCUT2D eigenvalue weighted by molar-refractivity contribution is 5.92. The van der Waals surface area contributed by atoms with Crippen molar-refractivity contribution in [3.8, 4) is 5.75 Å². The summed E-state index contributed by atoms with van der Waals surface area (Å²) >= 11 is 0. The second kappa shape index (κ2) is 6.80. The maximum Gasteiger partial charge on any atom is 0.319 e. The average molecular weight is 343 g/mol. The number of urea groups is 1. The van der Waals surface area contributed by atoms with Crippen LogP contribution in [0.3, 0.4) is 0 Å². The van der Waals surface area contributed by atoms with Crippen LogP contribution in [0.25, 0.3) is 0 Å². The van der Waals surface area contributed by atoms with Crippen LogP contribution in [0.1, 0.15) is 30.5 Å². The molecule has 0 aromatic heterocycles. The van der Waals surface area contributed by atoms with Crippen molar-refractivity contribution in [3.63, 3.8) is 0 Å². The van der Waals surface area contributed by atoms with Gasteiger partial charge in [0.25, 0.3) is 0 Å². The Bertz CT molecular complexity index is 838. The van der Waals surface area contributed by atoms with Crippen LogP contribution in [0, 0.1) is 5.82 Å². The van der Waals surface area contributed by atoms with Gasteiger partial charge in [0.15, 0.2) is 0 Å². The molecular weight excluding hydrogens is 325 g/mol. The molecule has 4 N–H and O–H groups in total. The van der Waals surface area contributed by atoms with Gasteiger partial charge in [-0.2, -0.15) is 0 Å². The lowest BCUT2D eigenvalue weighted by molar-refractivity contribution is -0.114. The van der Waals surface area contributed by atoms with Crippen LogP contribution in [0.15, 0.2) is 36.4 Å². The van der Waals surface area contributed by atoms with Crippen LogP contribution in [-0.4, -0.2) is 17.0 Å². The van der Waals surface area contributed by atoms with Crippen molar-refractivity contribution < 1.29 is 19.1 Å². The van der Waals surface area contributed by atoms with Gasteiger partial charge in [-0.3, -0.25) is 4.79 Å². The van der Waals surface area contributed by atoms with E-state index >= 15 is 0 Å². The summed E-state index contributed by atoms with van der Waals surface area (Å²) < 4.78 is 13.9. The quantitative estimate of drug-likeness (QED) is 0.689. The molecule has 1 aliphatic carbocycles. The maximum atomic E-state index is 13.9. The molecule has 0 fully saturated rings. The summed E-state index contributed by atoms with van der Waals surface area (Å²) in [6, 6.07) is 8.33. The van der Waals surface area contributed by atoms with Crippen LogP contribution in [0.5, 0.6) is 5.75 Å². The number of aromatic hydroxyl groups is 1. The summed E-state index contributed by atoms with van der Waals surface area (Å²) in [6.45, 7) is 1.34. The highest BCUT2D eigenvalue weighted by atomic mass is 19.1. The Balaban J connectivity index is 1.70. The zero-order valence-electron chi connectivity index (χ0n) is 13.6. The number of carbonyl (C=O) groups is 2. The molecule has 130 valence electrons. The van der Waals surface area contributed by atoms with Crippen LogP contribution in [-0.2, 0) is 11.2 Å². The lowest BCUT2D eigenvalue weighted by atomic mass is 10.1. The zero-order chi connectivity index (χ0) is 18.0. The Kier molecular flexibility index (Phi) is 4.56. The van der Waals surface area contributed by atoms with Gasteiger partial charge in [-0.1, -0.05) is 12.1 Å². The van der Waals surface area contributed by atoms with E-state index in [1.54, 1.807) is 12.1 Å². The van der Waals surface area contributed by atoms with Gasteiger partial charge in [-0.25, -0.2) is 9.18 Å². The summed E-state index contributed by atoms with van der Waals surface area (Å²) in [5, 5.41) is 17.6. The Labute approximate surface area is 144 Å². The number of hydrogen-bond acceptors (Lipinski definition) is 3. The Hall–Kier alpha value is -3.09. The smallest absolute Gasteiger partial charge is 0.319 e. The fraction of sp³-hybridized carbons (Fsp3) is 0.222. The fourth-order valence-electron chi connectivity index (χ4n) is 3.00. The largest absolute Gasteiger partial charge is 0.508 e. The summed E-state index contributed by atoms with van der Waals surface area (Å²) in [5.41, 5.74) is 2.05. The van der Waals surface area contributed by atoms with E-state index < -0.39 is 11.8 Å². The second-order valence-electron chi connectivity index (χ2n) is 5.91. The SMILES string of the molecule is CC(=O)Nc1ccc(F)c(NC(=O)N[C@@H]2CCc3c(O)cccc32)c1. The van der Waals surface area contributed by atoms with E-state index in [4.69, 9.17) is 0 Å². The lowest BCUT2D eigenvalue weighted by Gasteiger charge is -2.16. The average Bonchev–Trinajstić information content (AvgIpc) is 2.94. The van der Waals surface area contributed by atoms with Crippen LogP contribution >= 0.6 is 0 Å². The first-order chi connectivity index (χ1) is 11.9. The molecular formula is C18H18FN3O3. The van der Waals surface area contributed by atoms with Crippen molar-refractivity contribution >= 4 is 23.3 Å². The van der Waals surface area contributed by atoms with Crippen molar-refractivity contribution in [3.05, 3.63) is 53.3 Å². The Morgan fingerprint density at radius 2 is 2.00 bits per heavy atom. The van der Waals surface area contributed by atoms with Crippen molar-refractivity contribution in [1.82, 2.24) is 5.32 Å². The minimum atomic E-state index is -0.603. The van der Waals surface area contributed by atoms with Gasteiger partial charge in [0.2, 0.25) is 5.91 Å². The second-order valence-corrected chi connectivity index (χ2v) is 5.91. The topological polar surface area (TPSA) is 90.5 Å². The lowest BCUT2D eigenvalue weighted by Crippen LogP contribution is -2.31. The van der Waals surface area contributed by atoms with Crippen molar-refractivity contribution in [2.24, 2.45) is 0 Å². The molecule has 1 aliphatic rings. The molecule has 1 atom stereocenters. The first-order valence-corrected chi connectivity index (χ1v) is 7.89. The van der Waals surface area contributed by atoms with E-state index in [0.29, 0.717) is 18.5 Å². The van der Waals surface area contributed by atoms with Gasteiger partial charge in [0.1, 0.15) is 11.6 Å². The van der Waals surface area contributed by atoms with Crippen LogP contribution < -0.4 is 16.0 Å². The molecule has 0 spiro atoms. The number of phenols is 1. The minimum Gasteiger partial charge on any atom is -0.508 e. The maximum absolute atomic E-state index is 13.9. The van der Waals surface area contributed by atoms with Gasteiger partial charge in [-0.15, -0.1) is 0 Å². The van der Waals surface area contributed by atoms with E-state index in [2.05, 4.69) is 16.0 Å². The molecule has 0 heterocycles. The molecule has 6 nitrogen and oxygen atoms in total. The van der Waals surface area contributed by atoms with E-state index in [1.807, 2.05) is 6.07 Å². The van der Waals surface area contributed by atoms with E-state index in [0.717, 1.165) is 11.1 Å². The number of rotatable bonds is 3. The molecule has 0 saturated heterocycles. The summed E-state index contributed by atoms with van der Waals surface area (Å²) in [4.78, 5) is 23.3. The third-order valence-corrected chi connectivity index (χ3v) is 4.09. The number of hydrogen-bond donors (Lipinski definition) is 4. The van der Waals surface area contributed by atoms with Gasteiger partial charge < -0.3 is 21.1 Å². The molecule has 25 heavy (non-hydrogen) atoms. The zero-order valence-corrected chi connectivity index (χ0v) is 13.6. The monoisotopic (exact) mass is 343 g/mol. The molecule has 0 radical (unpaired) electrons.